The van der Waals surface area contributed by atoms with Crippen LogP contribution in [0.1, 0.15) is 71.1 Å². The molecule has 0 rings (SSSR count). The Labute approximate surface area is 107 Å². The number of hydrogen-bond acceptors (Lipinski definition) is 1. The Bertz CT molecular complexity index is 204. The number of rotatable bonds is 12. The van der Waals surface area contributed by atoms with E-state index in [4.69, 9.17) is 0 Å². The molecular formula is C16H28O. The first-order valence-electron chi connectivity index (χ1n) is 7.15. The first-order valence-corrected chi connectivity index (χ1v) is 7.15. The SMILES string of the molecule is CCC=CCCCCCCCCC=CCC=O. The molecule has 0 spiro atoms. The van der Waals surface area contributed by atoms with Crippen LogP contribution in [0.3, 0.4) is 0 Å². The summed E-state index contributed by atoms with van der Waals surface area (Å²) in [5, 5.41) is 0. The van der Waals surface area contributed by atoms with Gasteiger partial charge in [-0.2, -0.15) is 0 Å². The van der Waals surface area contributed by atoms with Gasteiger partial charge < -0.3 is 4.79 Å². The predicted molar refractivity (Wildman–Crippen MR) is 76.2 cm³/mol. The van der Waals surface area contributed by atoms with E-state index < -0.39 is 0 Å². The van der Waals surface area contributed by atoms with Gasteiger partial charge in [-0.1, -0.05) is 56.9 Å². The van der Waals surface area contributed by atoms with E-state index in [2.05, 4.69) is 25.2 Å². The minimum atomic E-state index is 0.575. The van der Waals surface area contributed by atoms with Crippen molar-refractivity contribution in [1.29, 1.82) is 0 Å². The second kappa shape index (κ2) is 15.1. The first kappa shape index (κ1) is 16.1. The Morgan fingerprint density at radius 2 is 1.24 bits per heavy atom. The zero-order chi connectivity index (χ0) is 12.6. The average molecular weight is 236 g/mol. The van der Waals surface area contributed by atoms with Crippen LogP contribution >= 0.6 is 0 Å². The van der Waals surface area contributed by atoms with Crippen molar-refractivity contribution in [3.8, 4) is 0 Å². The zero-order valence-corrected chi connectivity index (χ0v) is 11.4. The lowest BCUT2D eigenvalue weighted by Crippen LogP contribution is -1.79. The van der Waals surface area contributed by atoms with Gasteiger partial charge in [0.15, 0.2) is 0 Å². The average Bonchev–Trinajstić information content (AvgIpc) is 2.35. The molecule has 0 fully saturated rings. The van der Waals surface area contributed by atoms with Crippen molar-refractivity contribution in [1.82, 2.24) is 0 Å². The van der Waals surface area contributed by atoms with Crippen LogP contribution in [0, 0.1) is 0 Å². The minimum Gasteiger partial charge on any atom is -0.303 e. The number of unbranched alkanes of at least 4 members (excludes halogenated alkanes) is 7. The van der Waals surface area contributed by atoms with Crippen molar-refractivity contribution >= 4 is 6.29 Å². The highest BCUT2D eigenvalue weighted by molar-refractivity contribution is 5.51. The molecule has 0 N–H and O–H groups in total. The van der Waals surface area contributed by atoms with E-state index in [-0.39, 0.29) is 0 Å². The van der Waals surface area contributed by atoms with Crippen molar-refractivity contribution in [3.63, 3.8) is 0 Å². The summed E-state index contributed by atoms with van der Waals surface area (Å²) in [4.78, 5) is 10.1. The molecule has 0 heterocycles. The third-order valence-electron chi connectivity index (χ3n) is 2.79. The Kier molecular flexibility index (Phi) is 14.4. The Morgan fingerprint density at radius 3 is 1.76 bits per heavy atom. The molecule has 0 bridgehead atoms. The van der Waals surface area contributed by atoms with Crippen LogP contribution in [-0.4, -0.2) is 6.29 Å². The molecule has 0 unspecified atom stereocenters. The molecular weight excluding hydrogens is 208 g/mol. The van der Waals surface area contributed by atoms with Gasteiger partial charge in [0, 0.05) is 6.42 Å². The van der Waals surface area contributed by atoms with Crippen LogP contribution in [-0.2, 0) is 4.79 Å². The van der Waals surface area contributed by atoms with Crippen molar-refractivity contribution in [2.45, 2.75) is 71.1 Å². The number of aldehydes is 1. The maximum Gasteiger partial charge on any atom is 0.123 e. The maximum absolute atomic E-state index is 10.1. The monoisotopic (exact) mass is 236 g/mol. The quantitative estimate of drug-likeness (QED) is 0.258. The maximum atomic E-state index is 10.1. The van der Waals surface area contributed by atoms with Gasteiger partial charge in [-0.05, 0) is 32.1 Å². The standard InChI is InChI=1S/C16H28O/c1-2-3-4-5-6-7-8-9-10-11-12-13-14-15-16-17/h3-4,13-14,16H,2,5-12,15H2,1H3. The highest BCUT2D eigenvalue weighted by Crippen LogP contribution is 2.09. The summed E-state index contributed by atoms with van der Waals surface area (Å²) in [5.41, 5.74) is 0. The topological polar surface area (TPSA) is 17.1 Å². The molecule has 0 aliphatic carbocycles. The van der Waals surface area contributed by atoms with Crippen LogP contribution in [0.2, 0.25) is 0 Å². The first-order chi connectivity index (χ1) is 8.41. The fourth-order valence-electron chi connectivity index (χ4n) is 1.79. The molecule has 0 aromatic carbocycles. The van der Waals surface area contributed by atoms with Crippen LogP contribution < -0.4 is 0 Å². The van der Waals surface area contributed by atoms with Crippen LogP contribution in [0.15, 0.2) is 24.3 Å². The number of carbonyl (C=O) groups is 1. The molecule has 1 heteroatoms. The van der Waals surface area contributed by atoms with Crippen molar-refractivity contribution in [3.05, 3.63) is 24.3 Å². The molecule has 0 aromatic heterocycles. The van der Waals surface area contributed by atoms with E-state index in [0.29, 0.717) is 6.42 Å². The molecule has 0 aromatic rings. The Morgan fingerprint density at radius 1 is 0.706 bits per heavy atom. The van der Waals surface area contributed by atoms with Gasteiger partial charge in [-0.15, -0.1) is 0 Å². The van der Waals surface area contributed by atoms with Crippen molar-refractivity contribution < 1.29 is 4.79 Å². The van der Waals surface area contributed by atoms with Crippen LogP contribution in [0.4, 0.5) is 0 Å². The fourth-order valence-corrected chi connectivity index (χ4v) is 1.79. The Hall–Kier alpha value is -0.850. The van der Waals surface area contributed by atoms with Gasteiger partial charge in [-0.25, -0.2) is 0 Å². The summed E-state index contributed by atoms with van der Waals surface area (Å²) >= 11 is 0. The third kappa shape index (κ3) is 15.1. The summed E-state index contributed by atoms with van der Waals surface area (Å²) in [6, 6.07) is 0. The smallest absolute Gasteiger partial charge is 0.123 e. The van der Waals surface area contributed by atoms with Gasteiger partial charge in [0.05, 0.1) is 0 Å². The lowest BCUT2D eigenvalue weighted by atomic mass is 10.1. The predicted octanol–water partition coefficient (Wildman–Crippen LogP) is 5.22. The fraction of sp³-hybridized carbons (Fsp3) is 0.688. The molecule has 0 amide bonds. The summed E-state index contributed by atoms with van der Waals surface area (Å²) < 4.78 is 0. The van der Waals surface area contributed by atoms with Gasteiger partial charge in [0.1, 0.15) is 6.29 Å². The van der Waals surface area contributed by atoms with E-state index in [1.54, 1.807) is 0 Å². The molecule has 17 heavy (non-hydrogen) atoms. The number of hydrogen-bond donors (Lipinski definition) is 0. The van der Waals surface area contributed by atoms with Gasteiger partial charge in [-0.3, -0.25) is 0 Å². The lowest BCUT2D eigenvalue weighted by molar-refractivity contribution is -0.107. The Balaban J connectivity index is 3.03. The largest absolute Gasteiger partial charge is 0.303 e. The number of allylic oxidation sites excluding steroid dienone is 4. The third-order valence-corrected chi connectivity index (χ3v) is 2.79. The van der Waals surface area contributed by atoms with E-state index in [1.165, 1.54) is 44.9 Å². The van der Waals surface area contributed by atoms with E-state index in [9.17, 15) is 4.79 Å². The molecule has 0 atom stereocenters. The lowest BCUT2D eigenvalue weighted by Gasteiger charge is -1.99. The minimum absolute atomic E-state index is 0.575. The highest BCUT2D eigenvalue weighted by atomic mass is 16.1. The number of carbonyl (C=O) groups excluding carboxylic acids is 1. The van der Waals surface area contributed by atoms with Crippen molar-refractivity contribution in [2.75, 3.05) is 0 Å². The summed E-state index contributed by atoms with van der Waals surface area (Å²) in [7, 11) is 0. The molecule has 1 nitrogen and oxygen atoms in total. The van der Waals surface area contributed by atoms with Gasteiger partial charge in [0.25, 0.3) is 0 Å². The zero-order valence-electron chi connectivity index (χ0n) is 11.4. The molecule has 0 saturated heterocycles. The molecule has 0 radical (unpaired) electrons. The molecule has 98 valence electrons. The second-order valence-corrected chi connectivity index (χ2v) is 4.45. The van der Waals surface area contributed by atoms with Crippen LogP contribution in [0.25, 0.3) is 0 Å². The van der Waals surface area contributed by atoms with E-state index >= 15 is 0 Å². The van der Waals surface area contributed by atoms with Gasteiger partial charge >= 0.3 is 0 Å². The summed E-state index contributed by atoms with van der Waals surface area (Å²) in [5.74, 6) is 0. The van der Waals surface area contributed by atoms with Gasteiger partial charge in [0.2, 0.25) is 0 Å². The highest BCUT2D eigenvalue weighted by Gasteiger charge is 1.89. The summed E-state index contributed by atoms with van der Waals surface area (Å²) in [6.07, 6.45) is 21.8. The van der Waals surface area contributed by atoms with Crippen molar-refractivity contribution in [2.24, 2.45) is 0 Å². The normalized spacial score (nSPS) is 11.6. The van der Waals surface area contributed by atoms with Crippen LogP contribution in [0.5, 0.6) is 0 Å². The molecule has 0 aliphatic heterocycles. The molecule has 0 aliphatic rings. The van der Waals surface area contributed by atoms with E-state index in [1.807, 2.05) is 6.08 Å². The summed E-state index contributed by atoms with van der Waals surface area (Å²) in [6.45, 7) is 2.18. The van der Waals surface area contributed by atoms with E-state index in [0.717, 1.165) is 19.1 Å². The molecule has 0 saturated carbocycles. The second-order valence-electron chi connectivity index (χ2n) is 4.45.